The summed E-state index contributed by atoms with van der Waals surface area (Å²) in [6.45, 7) is 0. The Bertz CT molecular complexity index is 924. The number of halogens is 3. The number of carbonyl (C=O) groups excluding carboxylic acids is 1. The predicted octanol–water partition coefficient (Wildman–Crippen LogP) is 3.85. The first-order valence-corrected chi connectivity index (χ1v) is 9.25. The molecule has 26 heavy (non-hydrogen) atoms. The van der Waals surface area contributed by atoms with Crippen molar-refractivity contribution in [1.29, 1.82) is 0 Å². The molecule has 1 saturated carbocycles. The number of nitrogens with one attached hydrogen (secondary N) is 2. The second kappa shape index (κ2) is 6.64. The molecule has 1 aliphatic carbocycles. The average Bonchev–Trinajstić information content (AvgIpc) is 3.41. The van der Waals surface area contributed by atoms with Gasteiger partial charge in [0.15, 0.2) is 0 Å². The monoisotopic (exact) mass is 384 g/mol. The van der Waals surface area contributed by atoms with Crippen molar-refractivity contribution in [3.8, 4) is 0 Å². The number of amides is 1. The van der Waals surface area contributed by atoms with E-state index in [-0.39, 0.29) is 22.4 Å². The fraction of sp³-hybridized carbons (Fsp3) is 0.235. The highest BCUT2D eigenvalue weighted by atomic mass is 32.2. The van der Waals surface area contributed by atoms with Crippen molar-refractivity contribution in [3.63, 3.8) is 0 Å². The van der Waals surface area contributed by atoms with Crippen LogP contribution >= 0.6 is 0 Å². The van der Waals surface area contributed by atoms with E-state index in [1.165, 1.54) is 30.3 Å². The van der Waals surface area contributed by atoms with E-state index < -0.39 is 27.5 Å². The molecule has 0 radical (unpaired) electrons. The first-order chi connectivity index (χ1) is 12.2. The Morgan fingerprint density at radius 3 is 2.27 bits per heavy atom. The van der Waals surface area contributed by atoms with Gasteiger partial charge in [-0.1, -0.05) is 18.2 Å². The molecule has 0 saturated heterocycles. The Balaban J connectivity index is 1.92. The van der Waals surface area contributed by atoms with Gasteiger partial charge in [0.2, 0.25) is 5.91 Å². The van der Waals surface area contributed by atoms with Gasteiger partial charge in [-0.25, -0.2) is 8.42 Å². The molecular formula is C17H15F3N2O3S. The quantitative estimate of drug-likeness (QED) is 0.822. The SMILES string of the molecule is O=C(Nc1ccc(NS(=O)(=O)c2ccccc2)c(C(F)(F)F)c1)C1CC1. The third-order valence-electron chi connectivity index (χ3n) is 3.84. The van der Waals surface area contributed by atoms with E-state index in [0.29, 0.717) is 12.8 Å². The molecule has 2 N–H and O–H groups in total. The van der Waals surface area contributed by atoms with E-state index in [4.69, 9.17) is 0 Å². The number of alkyl halides is 3. The predicted molar refractivity (Wildman–Crippen MR) is 90.0 cm³/mol. The van der Waals surface area contributed by atoms with E-state index in [9.17, 15) is 26.4 Å². The smallest absolute Gasteiger partial charge is 0.326 e. The lowest BCUT2D eigenvalue weighted by Crippen LogP contribution is -2.18. The lowest BCUT2D eigenvalue weighted by molar-refractivity contribution is -0.136. The summed E-state index contributed by atoms with van der Waals surface area (Å²) in [4.78, 5) is 11.6. The lowest BCUT2D eigenvalue weighted by atomic mass is 10.1. The Hall–Kier alpha value is -2.55. The fourth-order valence-corrected chi connectivity index (χ4v) is 3.44. The van der Waals surface area contributed by atoms with Gasteiger partial charge in [-0.3, -0.25) is 9.52 Å². The number of benzene rings is 2. The van der Waals surface area contributed by atoms with Crippen LogP contribution in [-0.4, -0.2) is 14.3 Å². The zero-order chi connectivity index (χ0) is 18.9. The number of hydrogen-bond donors (Lipinski definition) is 2. The van der Waals surface area contributed by atoms with Gasteiger partial charge in [-0.05, 0) is 43.2 Å². The molecule has 1 fully saturated rings. The molecule has 5 nitrogen and oxygen atoms in total. The van der Waals surface area contributed by atoms with Crippen LogP contribution in [0.3, 0.4) is 0 Å². The van der Waals surface area contributed by atoms with Gasteiger partial charge in [0.05, 0.1) is 16.1 Å². The first-order valence-electron chi connectivity index (χ1n) is 7.77. The van der Waals surface area contributed by atoms with Crippen molar-refractivity contribution >= 4 is 27.3 Å². The summed E-state index contributed by atoms with van der Waals surface area (Å²) < 4.78 is 66.7. The largest absolute Gasteiger partial charge is 0.418 e. The summed E-state index contributed by atoms with van der Waals surface area (Å²) in [6, 6.07) is 10.0. The molecule has 0 unspecified atom stereocenters. The van der Waals surface area contributed by atoms with Gasteiger partial charge in [-0.15, -0.1) is 0 Å². The van der Waals surface area contributed by atoms with Crippen molar-refractivity contribution in [2.75, 3.05) is 10.0 Å². The molecular weight excluding hydrogens is 369 g/mol. The van der Waals surface area contributed by atoms with Crippen molar-refractivity contribution < 1.29 is 26.4 Å². The number of hydrogen-bond acceptors (Lipinski definition) is 3. The third kappa shape index (κ3) is 4.16. The highest BCUT2D eigenvalue weighted by Gasteiger charge is 2.36. The van der Waals surface area contributed by atoms with Crippen LogP contribution < -0.4 is 10.0 Å². The van der Waals surface area contributed by atoms with Crippen LogP contribution in [0.2, 0.25) is 0 Å². The van der Waals surface area contributed by atoms with Crippen molar-refractivity contribution in [1.82, 2.24) is 0 Å². The van der Waals surface area contributed by atoms with Crippen LogP contribution in [0.1, 0.15) is 18.4 Å². The van der Waals surface area contributed by atoms with E-state index >= 15 is 0 Å². The average molecular weight is 384 g/mol. The first kappa shape index (κ1) is 18.2. The Kier molecular flexibility index (Phi) is 4.66. The second-order valence-electron chi connectivity index (χ2n) is 5.94. The Labute approximate surface area is 148 Å². The standard InChI is InChI=1S/C17H15F3N2O3S/c18-17(19,20)14-10-12(21-16(23)11-6-7-11)8-9-15(14)22-26(24,25)13-4-2-1-3-5-13/h1-5,8-11,22H,6-7H2,(H,21,23). The molecule has 2 aromatic rings. The molecule has 2 aromatic carbocycles. The minimum absolute atomic E-state index is 0.0307. The van der Waals surface area contributed by atoms with Crippen molar-refractivity contribution in [2.45, 2.75) is 23.9 Å². The van der Waals surface area contributed by atoms with Gasteiger partial charge < -0.3 is 5.32 Å². The van der Waals surface area contributed by atoms with Gasteiger partial charge in [0.25, 0.3) is 10.0 Å². The van der Waals surface area contributed by atoms with Gasteiger partial charge in [0, 0.05) is 11.6 Å². The zero-order valence-electron chi connectivity index (χ0n) is 13.4. The van der Waals surface area contributed by atoms with E-state index in [1.54, 1.807) is 6.07 Å². The molecule has 3 rings (SSSR count). The normalized spacial score (nSPS) is 14.7. The highest BCUT2D eigenvalue weighted by Crippen LogP contribution is 2.38. The van der Waals surface area contributed by atoms with E-state index in [2.05, 4.69) is 5.32 Å². The number of sulfonamides is 1. The van der Waals surface area contributed by atoms with Crippen LogP contribution in [0.25, 0.3) is 0 Å². The minimum Gasteiger partial charge on any atom is -0.326 e. The molecule has 0 spiro atoms. The summed E-state index contributed by atoms with van der Waals surface area (Å²) in [5.74, 6) is -0.503. The highest BCUT2D eigenvalue weighted by molar-refractivity contribution is 7.92. The third-order valence-corrected chi connectivity index (χ3v) is 5.22. The van der Waals surface area contributed by atoms with Crippen LogP contribution in [0.15, 0.2) is 53.4 Å². The zero-order valence-corrected chi connectivity index (χ0v) is 14.2. The number of anilines is 2. The van der Waals surface area contributed by atoms with Gasteiger partial charge in [0.1, 0.15) is 0 Å². The van der Waals surface area contributed by atoms with Crippen LogP contribution in [-0.2, 0) is 21.0 Å². The summed E-state index contributed by atoms with van der Waals surface area (Å²) >= 11 is 0. The molecule has 9 heteroatoms. The molecule has 1 amide bonds. The summed E-state index contributed by atoms with van der Waals surface area (Å²) in [5.41, 5.74) is -1.81. The molecule has 0 aliphatic heterocycles. The fourth-order valence-electron chi connectivity index (χ4n) is 2.34. The Morgan fingerprint density at radius 2 is 1.69 bits per heavy atom. The molecule has 138 valence electrons. The summed E-state index contributed by atoms with van der Waals surface area (Å²) in [7, 11) is -4.17. The van der Waals surface area contributed by atoms with Crippen LogP contribution in [0.5, 0.6) is 0 Å². The molecule has 0 atom stereocenters. The van der Waals surface area contributed by atoms with Crippen molar-refractivity contribution in [3.05, 3.63) is 54.1 Å². The lowest BCUT2D eigenvalue weighted by Gasteiger charge is -2.16. The summed E-state index contributed by atoms with van der Waals surface area (Å²) in [5, 5.41) is 2.42. The van der Waals surface area contributed by atoms with Crippen LogP contribution in [0, 0.1) is 5.92 Å². The topological polar surface area (TPSA) is 75.3 Å². The van der Waals surface area contributed by atoms with Gasteiger partial charge in [-0.2, -0.15) is 13.2 Å². The minimum atomic E-state index is -4.80. The van der Waals surface area contributed by atoms with Crippen molar-refractivity contribution in [2.24, 2.45) is 5.92 Å². The van der Waals surface area contributed by atoms with Crippen LogP contribution in [0.4, 0.5) is 24.5 Å². The number of carbonyl (C=O) groups is 1. The Morgan fingerprint density at radius 1 is 1.04 bits per heavy atom. The maximum absolute atomic E-state index is 13.4. The maximum atomic E-state index is 13.4. The molecule has 0 bridgehead atoms. The van der Waals surface area contributed by atoms with E-state index in [0.717, 1.165) is 12.1 Å². The second-order valence-corrected chi connectivity index (χ2v) is 7.62. The number of rotatable bonds is 5. The molecule has 1 aliphatic rings. The molecule has 0 aromatic heterocycles. The maximum Gasteiger partial charge on any atom is 0.418 e. The van der Waals surface area contributed by atoms with E-state index in [1.807, 2.05) is 4.72 Å². The molecule has 0 heterocycles. The van der Waals surface area contributed by atoms with Gasteiger partial charge >= 0.3 is 6.18 Å². The summed E-state index contributed by atoms with van der Waals surface area (Å²) in [6.07, 6.45) is -3.37.